The van der Waals surface area contributed by atoms with Crippen molar-refractivity contribution in [2.75, 3.05) is 14.1 Å². The zero-order chi connectivity index (χ0) is 15.8. The van der Waals surface area contributed by atoms with Crippen molar-refractivity contribution in [2.45, 2.75) is 9.79 Å². The van der Waals surface area contributed by atoms with E-state index >= 15 is 0 Å². The number of rotatable bonds is 4. The first kappa shape index (κ1) is 16.4. The Kier molecular flexibility index (Phi) is 4.41. The number of fused-ring (bicyclic) bond motifs is 1. The van der Waals surface area contributed by atoms with Gasteiger partial charge in [0, 0.05) is 15.2 Å². The van der Waals surface area contributed by atoms with Gasteiger partial charge in [-0.25, -0.2) is 26.3 Å². The van der Waals surface area contributed by atoms with Gasteiger partial charge in [-0.1, -0.05) is 18.2 Å². The molecular formula is C12H13BrN2O4S2. The third-order valence-electron chi connectivity index (χ3n) is 3.02. The van der Waals surface area contributed by atoms with E-state index in [0.29, 0.717) is 15.2 Å². The summed E-state index contributed by atoms with van der Waals surface area (Å²) in [5, 5.41) is 0.666. The van der Waals surface area contributed by atoms with Gasteiger partial charge >= 0.3 is 0 Å². The summed E-state index contributed by atoms with van der Waals surface area (Å²) in [6, 6.07) is 7.59. The molecular weight excluding hydrogens is 380 g/mol. The normalized spacial score (nSPS) is 12.7. The third kappa shape index (κ3) is 2.84. The van der Waals surface area contributed by atoms with E-state index in [9.17, 15) is 16.8 Å². The van der Waals surface area contributed by atoms with E-state index in [4.69, 9.17) is 0 Å². The maximum Gasteiger partial charge on any atom is 0.242 e. The van der Waals surface area contributed by atoms with E-state index in [1.165, 1.54) is 32.3 Å². The first-order valence-corrected chi connectivity index (χ1v) is 9.59. The number of halogens is 1. The lowest BCUT2D eigenvalue weighted by molar-refractivity contribution is 0.586. The van der Waals surface area contributed by atoms with Crippen molar-refractivity contribution in [3.05, 3.63) is 34.8 Å². The molecule has 0 radical (unpaired) electrons. The molecule has 6 nitrogen and oxygen atoms in total. The summed E-state index contributed by atoms with van der Waals surface area (Å²) in [7, 11) is -4.82. The summed E-state index contributed by atoms with van der Waals surface area (Å²) >= 11 is 3.20. The van der Waals surface area contributed by atoms with Gasteiger partial charge in [0.05, 0.1) is 4.90 Å². The topological polar surface area (TPSA) is 92.3 Å². The quantitative estimate of drug-likeness (QED) is 0.822. The van der Waals surface area contributed by atoms with Gasteiger partial charge in [-0.3, -0.25) is 0 Å². The van der Waals surface area contributed by atoms with Crippen LogP contribution in [0, 0.1) is 0 Å². The number of hydrogen-bond donors (Lipinski definition) is 2. The highest BCUT2D eigenvalue weighted by atomic mass is 79.9. The molecule has 0 amide bonds. The van der Waals surface area contributed by atoms with Crippen LogP contribution in [-0.2, 0) is 20.0 Å². The minimum atomic E-state index is -3.74. The Morgan fingerprint density at radius 2 is 1.48 bits per heavy atom. The lowest BCUT2D eigenvalue weighted by atomic mass is 10.1. The van der Waals surface area contributed by atoms with Gasteiger partial charge < -0.3 is 0 Å². The summed E-state index contributed by atoms with van der Waals surface area (Å²) in [6.45, 7) is 0. The molecule has 2 rings (SSSR count). The van der Waals surface area contributed by atoms with Gasteiger partial charge in [0.1, 0.15) is 4.90 Å². The molecule has 2 aromatic rings. The van der Waals surface area contributed by atoms with Gasteiger partial charge in [-0.15, -0.1) is 0 Å². The summed E-state index contributed by atoms with van der Waals surface area (Å²) in [5.74, 6) is 0. The van der Waals surface area contributed by atoms with Crippen LogP contribution in [0.5, 0.6) is 0 Å². The van der Waals surface area contributed by atoms with Gasteiger partial charge in [0.2, 0.25) is 20.0 Å². The van der Waals surface area contributed by atoms with E-state index in [-0.39, 0.29) is 9.79 Å². The molecule has 0 aliphatic rings. The molecule has 114 valence electrons. The Hall–Kier alpha value is -1.00. The fourth-order valence-corrected chi connectivity index (χ4v) is 4.92. The molecule has 0 unspecified atom stereocenters. The molecule has 9 heteroatoms. The van der Waals surface area contributed by atoms with Crippen LogP contribution in [0.4, 0.5) is 0 Å². The van der Waals surface area contributed by atoms with Crippen molar-refractivity contribution in [3.63, 3.8) is 0 Å². The van der Waals surface area contributed by atoms with Crippen molar-refractivity contribution in [2.24, 2.45) is 0 Å². The SMILES string of the molecule is CNS(=O)(=O)c1cccc2c(S(=O)(=O)NC)c(Br)ccc12. The second-order valence-electron chi connectivity index (χ2n) is 4.14. The summed E-state index contributed by atoms with van der Waals surface area (Å²) < 4.78 is 53.2. The first-order valence-electron chi connectivity index (χ1n) is 5.83. The molecule has 2 N–H and O–H groups in total. The second-order valence-corrected chi connectivity index (χ2v) is 8.68. The van der Waals surface area contributed by atoms with E-state index < -0.39 is 20.0 Å². The lowest BCUT2D eigenvalue weighted by Crippen LogP contribution is -2.21. The van der Waals surface area contributed by atoms with Crippen molar-refractivity contribution in [3.8, 4) is 0 Å². The van der Waals surface area contributed by atoms with E-state index in [1.54, 1.807) is 12.1 Å². The van der Waals surface area contributed by atoms with Gasteiger partial charge in [-0.2, -0.15) is 0 Å². The van der Waals surface area contributed by atoms with Crippen LogP contribution in [0.3, 0.4) is 0 Å². The predicted molar refractivity (Wildman–Crippen MR) is 84.1 cm³/mol. The van der Waals surface area contributed by atoms with Crippen molar-refractivity contribution < 1.29 is 16.8 Å². The molecule has 0 saturated heterocycles. The van der Waals surface area contributed by atoms with Crippen LogP contribution in [0.15, 0.2) is 44.6 Å². The summed E-state index contributed by atoms with van der Waals surface area (Å²) in [6.07, 6.45) is 0. The number of nitrogens with one attached hydrogen (secondary N) is 2. The molecule has 0 fully saturated rings. The highest BCUT2D eigenvalue weighted by Gasteiger charge is 2.22. The minimum absolute atomic E-state index is 0.00986. The van der Waals surface area contributed by atoms with Crippen LogP contribution in [0.1, 0.15) is 0 Å². The molecule has 0 aliphatic heterocycles. The van der Waals surface area contributed by atoms with E-state index in [0.717, 1.165) is 0 Å². The molecule has 0 atom stereocenters. The Morgan fingerprint density at radius 3 is 2.05 bits per heavy atom. The first-order chi connectivity index (χ1) is 9.74. The molecule has 0 aliphatic carbocycles. The lowest BCUT2D eigenvalue weighted by Gasteiger charge is -2.12. The van der Waals surface area contributed by atoms with Crippen molar-refractivity contribution in [1.29, 1.82) is 0 Å². The largest absolute Gasteiger partial charge is 0.242 e. The molecule has 0 saturated carbocycles. The van der Waals surface area contributed by atoms with Crippen LogP contribution in [-0.4, -0.2) is 30.9 Å². The third-order valence-corrected chi connectivity index (χ3v) is 6.93. The van der Waals surface area contributed by atoms with Crippen LogP contribution < -0.4 is 9.44 Å². The van der Waals surface area contributed by atoms with Crippen molar-refractivity contribution >= 4 is 46.7 Å². The van der Waals surface area contributed by atoms with Gasteiger partial charge in [0.25, 0.3) is 0 Å². The molecule has 2 aromatic carbocycles. The van der Waals surface area contributed by atoms with Crippen LogP contribution in [0.25, 0.3) is 10.8 Å². The number of hydrogen-bond acceptors (Lipinski definition) is 4. The van der Waals surface area contributed by atoms with Gasteiger partial charge in [0.15, 0.2) is 0 Å². The highest BCUT2D eigenvalue weighted by Crippen LogP contribution is 2.33. The van der Waals surface area contributed by atoms with E-state index in [2.05, 4.69) is 25.4 Å². The Labute approximate surface area is 131 Å². The predicted octanol–water partition coefficient (Wildman–Crippen LogP) is 1.42. The van der Waals surface area contributed by atoms with Crippen molar-refractivity contribution in [1.82, 2.24) is 9.44 Å². The molecule has 0 bridgehead atoms. The fourth-order valence-electron chi connectivity index (χ4n) is 1.99. The molecule has 0 spiro atoms. The average Bonchev–Trinajstić information content (AvgIpc) is 2.45. The summed E-state index contributed by atoms with van der Waals surface area (Å²) in [5.41, 5.74) is 0. The maximum absolute atomic E-state index is 12.2. The van der Waals surface area contributed by atoms with Gasteiger partial charge in [-0.05, 0) is 42.2 Å². The summed E-state index contributed by atoms with van der Waals surface area (Å²) in [4.78, 5) is 0.0400. The van der Waals surface area contributed by atoms with Crippen LogP contribution >= 0.6 is 15.9 Å². The molecule has 0 aromatic heterocycles. The smallest absolute Gasteiger partial charge is 0.214 e. The molecule has 21 heavy (non-hydrogen) atoms. The Morgan fingerprint density at radius 1 is 0.857 bits per heavy atom. The standard InChI is InChI=1S/C12H13BrN2O4S2/c1-14-20(16,17)11-5-3-4-9-8(11)6-7-10(13)12(9)21(18,19)15-2/h3-7,14-15H,1-2H3. The zero-order valence-electron chi connectivity index (χ0n) is 11.2. The monoisotopic (exact) mass is 392 g/mol. The van der Waals surface area contributed by atoms with Crippen LogP contribution in [0.2, 0.25) is 0 Å². The minimum Gasteiger partial charge on any atom is -0.214 e. The molecule has 0 heterocycles. The van der Waals surface area contributed by atoms with E-state index in [1.807, 2.05) is 0 Å². The second kappa shape index (κ2) is 5.65. The maximum atomic E-state index is 12.2. The zero-order valence-corrected chi connectivity index (χ0v) is 14.4. The Balaban J connectivity index is 2.99. The Bertz CT molecular complexity index is 908. The highest BCUT2D eigenvalue weighted by molar-refractivity contribution is 9.10. The fraction of sp³-hybridized carbons (Fsp3) is 0.167. The number of sulfonamides is 2. The number of benzene rings is 2. The average molecular weight is 393 g/mol.